The Balaban J connectivity index is 1.82. The Morgan fingerprint density at radius 2 is 2.17 bits per heavy atom. The van der Waals surface area contributed by atoms with Crippen LogP contribution in [0.3, 0.4) is 0 Å². The number of amidine groups is 1. The third-order valence-corrected chi connectivity index (χ3v) is 5.07. The molecule has 2 atom stereocenters. The van der Waals surface area contributed by atoms with Crippen molar-refractivity contribution in [1.29, 1.82) is 0 Å². The molecule has 29 heavy (non-hydrogen) atoms. The van der Waals surface area contributed by atoms with Crippen LogP contribution >= 0.6 is 0 Å². The molecule has 1 saturated heterocycles. The van der Waals surface area contributed by atoms with E-state index in [0.717, 1.165) is 17.6 Å². The number of halogens is 1. The maximum Gasteiger partial charge on any atom is 0.344 e. The molecular formula is C20H23FN6O2. The molecule has 0 aromatic heterocycles. The molecule has 3 aliphatic rings. The summed E-state index contributed by atoms with van der Waals surface area (Å²) >= 11 is 0. The number of carbonyl (C=O) groups excluding carboxylic acids is 1. The summed E-state index contributed by atoms with van der Waals surface area (Å²) in [6.45, 7) is 6.57. The number of carbonyl (C=O) groups is 1. The van der Waals surface area contributed by atoms with Gasteiger partial charge in [0, 0.05) is 30.1 Å². The van der Waals surface area contributed by atoms with E-state index in [9.17, 15) is 9.18 Å². The minimum Gasteiger partial charge on any atom is -0.489 e. The average Bonchev–Trinajstić information content (AvgIpc) is 3.10. The highest BCUT2D eigenvalue weighted by molar-refractivity contribution is 6.11. The molecule has 0 aliphatic carbocycles. The Labute approximate surface area is 168 Å². The minimum atomic E-state index is -0.524. The number of nitrogens with one attached hydrogen (secondary N) is 1. The third kappa shape index (κ3) is 3.72. The topological polar surface area (TPSA) is 81.9 Å². The van der Waals surface area contributed by atoms with E-state index < -0.39 is 6.03 Å². The lowest BCUT2D eigenvalue weighted by Gasteiger charge is -2.30. The number of urea groups is 1. The highest BCUT2D eigenvalue weighted by Crippen LogP contribution is 2.36. The molecule has 2 amide bonds. The van der Waals surface area contributed by atoms with Crippen LogP contribution in [0.1, 0.15) is 38.8 Å². The minimum absolute atomic E-state index is 0.176. The molecule has 9 heteroatoms. The average molecular weight is 398 g/mol. The largest absolute Gasteiger partial charge is 0.489 e. The van der Waals surface area contributed by atoms with Crippen molar-refractivity contribution in [2.75, 3.05) is 13.1 Å². The van der Waals surface area contributed by atoms with E-state index in [1.807, 2.05) is 20.0 Å². The van der Waals surface area contributed by atoms with E-state index in [1.165, 1.54) is 17.1 Å². The smallest absolute Gasteiger partial charge is 0.344 e. The van der Waals surface area contributed by atoms with E-state index in [2.05, 4.69) is 25.3 Å². The lowest BCUT2D eigenvalue weighted by Crippen LogP contribution is -2.35. The van der Waals surface area contributed by atoms with Crippen molar-refractivity contribution in [2.45, 2.75) is 39.3 Å². The molecule has 1 fully saturated rings. The van der Waals surface area contributed by atoms with Gasteiger partial charge in [0.15, 0.2) is 0 Å². The van der Waals surface area contributed by atoms with Gasteiger partial charge in [-0.1, -0.05) is 0 Å². The summed E-state index contributed by atoms with van der Waals surface area (Å²) in [6.07, 6.45) is 3.90. The van der Waals surface area contributed by atoms with Crippen LogP contribution in [0, 0.1) is 5.82 Å². The lowest BCUT2D eigenvalue weighted by atomic mass is 10.1. The number of amides is 2. The van der Waals surface area contributed by atoms with Gasteiger partial charge in [0.05, 0.1) is 12.6 Å². The van der Waals surface area contributed by atoms with Crippen LogP contribution in [0.4, 0.5) is 9.18 Å². The third-order valence-electron chi connectivity index (χ3n) is 5.07. The van der Waals surface area contributed by atoms with E-state index in [0.29, 0.717) is 18.1 Å². The van der Waals surface area contributed by atoms with Gasteiger partial charge in [0.2, 0.25) is 0 Å². The van der Waals surface area contributed by atoms with Crippen LogP contribution in [0.15, 0.2) is 45.1 Å². The summed E-state index contributed by atoms with van der Waals surface area (Å²) in [7, 11) is 0. The number of rotatable bonds is 1. The summed E-state index contributed by atoms with van der Waals surface area (Å²) in [4.78, 5) is 23.1. The molecule has 1 aromatic carbocycles. The first-order valence-electron chi connectivity index (χ1n) is 9.63. The van der Waals surface area contributed by atoms with E-state index in [1.54, 1.807) is 19.2 Å². The van der Waals surface area contributed by atoms with Gasteiger partial charge in [-0.3, -0.25) is 0 Å². The molecule has 1 N–H and O–H groups in total. The van der Waals surface area contributed by atoms with Gasteiger partial charge >= 0.3 is 6.03 Å². The fraction of sp³-hybridized carbons (Fsp3) is 0.400. The highest BCUT2D eigenvalue weighted by atomic mass is 19.1. The predicted octanol–water partition coefficient (Wildman–Crippen LogP) is 3.04. The number of benzene rings is 1. The maximum atomic E-state index is 14.1. The summed E-state index contributed by atoms with van der Waals surface area (Å²) in [5, 5.41) is 8.47. The predicted molar refractivity (Wildman–Crippen MR) is 109 cm³/mol. The van der Waals surface area contributed by atoms with Crippen molar-refractivity contribution in [2.24, 2.45) is 15.1 Å². The number of guanidine groups is 1. The Kier molecular flexibility index (Phi) is 5.04. The zero-order valence-electron chi connectivity index (χ0n) is 16.6. The maximum absolute atomic E-state index is 14.1. The van der Waals surface area contributed by atoms with Crippen LogP contribution in [-0.2, 0) is 0 Å². The highest BCUT2D eigenvalue weighted by Gasteiger charge is 2.34. The molecule has 8 nitrogen and oxygen atoms in total. The second-order valence-electron chi connectivity index (χ2n) is 7.14. The molecular weight excluding hydrogens is 375 g/mol. The number of nitrogens with zero attached hydrogens (tertiary/aromatic N) is 5. The monoisotopic (exact) mass is 398 g/mol. The van der Waals surface area contributed by atoms with E-state index in [-0.39, 0.29) is 30.5 Å². The number of ether oxygens (including phenoxy) is 1. The zero-order valence-corrected chi connectivity index (χ0v) is 16.6. The quantitative estimate of drug-likeness (QED) is 0.737. The van der Waals surface area contributed by atoms with E-state index in [4.69, 9.17) is 4.74 Å². The lowest BCUT2D eigenvalue weighted by molar-refractivity contribution is 0.206. The van der Waals surface area contributed by atoms with Gasteiger partial charge in [-0.05, 0) is 45.4 Å². The Morgan fingerprint density at radius 1 is 1.34 bits per heavy atom. The van der Waals surface area contributed by atoms with Crippen LogP contribution in [0.2, 0.25) is 0 Å². The molecule has 1 aromatic rings. The number of aliphatic imine (C=N–C) groups is 2. The summed E-state index contributed by atoms with van der Waals surface area (Å²) < 4.78 is 20.1. The second-order valence-corrected chi connectivity index (χ2v) is 7.14. The first kappa shape index (κ1) is 19.1. The molecule has 3 aliphatic heterocycles. The van der Waals surface area contributed by atoms with Crippen molar-refractivity contribution in [3.63, 3.8) is 0 Å². The first-order chi connectivity index (χ1) is 14.0. The Hall–Kier alpha value is -3.23. The zero-order chi connectivity index (χ0) is 20.5. The van der Waals surface area contributed by atoms with Crippen LogP contribution in [-0.4, -0.2) is 53.1 Å². The summed E-state index contributed by atoms with van der Waals surface area (Å²) in [5.74, 6) is 1.17. The fourth-order valence-electron chi connectivity index (χ4n) is 3.66. The number of fused-ring (bicyclic) bond motifs is 2. The van der Waals surface area contributed by atoms with Crippen molar-refractivity contribution >= 4 is 24.0 Å². The normalized spacial score (nSPS) is 26.2. The van der Waals surface area contributed by atoms with Crippen molar-refractivity contribution < 1.29 is 13.9 Å². The second kappa shape index (κ2) is 7.65. The molecule has 152 valence electrons. The van der Waals surface area contributed by atoms with Crippen molar-refractivity contribution in [3.05, 3.63) is 41.4 Å². The van der Waals surface area contributed by atoms with Crippen LogP contribution < -0.4 is 10.1 Å². The molecule has 0 radical (unpaired) electrons. The molecule has 2 bridgehead atoms. The fourth-order valence-corrected chi connectivity index (χ4v) is 3.66. The van der Waals surface area contributed by atoms with Gasteiger partial charge in [-0.2, -0.15) is 15.1 Å². The van der Waals surface area contributed by atoms with Gasteiger partial charge in [0.25, 0.3) is 5.96 Å². The van der Waals surface area contributed by atoms with Gasteiger partial charge < -0.3 is 15.0 Å². The molecule has 3 heterocycles. The summed E-state index contributed by atoms with van der Waals surface area (Å²) in [5.41, 5.74) is 1.72. The Morgan fingerprint density at radius 3 is 2.97 bits per heavy atom. The standard InChI is InChI=1S/C20H23FN6O2/c1-4-23-27-11-14-7-8-26-13(3)16-9-15(21)5-6-17(16)29-12(2)10-22-20(28)25-19(27)24-18(14)26/h4-6,9,11-13H,7-8,10H2,1-3H3,(H,22,28)/b23-4-,25-19+. The van der Waals surface area contributed by atoms with Crippen LogP contribution in [0.5, 0.6) is 5.75 Å². The van der Waals surface area contributed by atoms with E-state index >= 15 is 0 Å². The number of hydrogen-bond acceptors (Lipinski definition) is 6. The SMILES string of the molecule is C/C=N\N1C=C2CCN3C2=N/C1=N\C(=O)NCC(C)Oc1ccc(F)cc1C3C. The number of hydrogen-bond donors (Lipinski definition) is 1. The molecule has 2 unspecified atom stereocenters. The first-order valence-corrected chi connectivity index (χ1v) is 9.63. The number of hydrazone groups is 1. The van der Waals surface area contributed by atoms with Crippen molar-refractivity contribution in [1.82, 2.24) is 15.2 Å². The van der Waals surface area contributed by atoms with Crippen LogP contribution in [0.25, 0.3) is 0 Å². The van der Waals surface area contributed by atoms with Gasteiger partial charge in [-0.15, -0.1) is 0 Å². The molecule has 4 rings (SSSR count). The van der Waals surface area contributed by atoms with Gasteiger partial charge in [-0.25, -0.2) is 14.2 Å². The summed E-state index contributed by atoms with van der Waals surface area (Å²) in [6, 6.07) is 3.81. The molecule has 0 spiro atoms. The van der Waals surface area contributed by atoms with Gasteiger partial charge in [0.1, 0.15) is 23.5 Å². The molecule has 0 saturated carbocycles. The van der Waals surface area contributed by atoms with Crippen molar-refractivity contribution in [3.8, 4) is 5.75 Å². The Bertz CT molecular complexity index is 954.